The predicted octanol–water partition coefficient (Wildman–Crippen LogP) is 3.71. The molecular weight excluding hydrogens is 354 g/mol. The van der Waals surface area contributed by atoms with E-state index in [4.69, 9.17) is 14.2 Å². The molecule has 0 aliphatic carbocycles. The number of anilines is 1. The van der Waals surface area contributed by atoms with Crippen LogP contribution in [0, 0.1) is 0 Å². The van der Waals surface area contributed by atoms with Crippen molar-refractivity contribution in [3.8, 4) is 11.5 Å². The Morgan fingerprint density at radius 2 is 1.85 bits per heavy atom. The van der Waals surface area contributed by atoms with E-state index in [1.807, 2.05) is 24.3 Å². The molecule has 6 nitrogen and oxygen atoms in total. The van der Waals surface area contributed by atoms with Crippen LogP contribution >= 0.6 is 11.3 Å². The van der Waals surface area contributed by atoms with Crippen molar-refractivity contribution in [1.82, 2.24) is 0 Å². The molecule has 1 aliphatic rings. The largest absolute Gasteiger partial charge is 0.486 e. The van der Waals surface area contributed by atoms with Crippen LogP contribution in [-0.4, -0.2) is 32.2 Å². The summed E-state index contributed by atoms with van der Waals surface area (Å²) in [6.07, 6.45) is 0. The molecule has 1 N–H and O–H groups in total. The minimum absolute atomic E-state index is 0.335. The Balaban J connectivity index is 1.68. The second-order valence-corrected chi connectivity index (χ2v) is 6.66. The van der Waals surface area contributed by atoms with Gasteiger partial charge in [0.2, 0.25) is 0 Å². The highest BCUT2D eigenvalue weighted by atomic mass is 32.1. The van der Waals surface area contributed by atoms with Crippen molar-refractivity contribution in [2.45, 2.75) is 0 Å². The smallest absolute Gasteiger partial charge is 0.341 e. The van der Waals surface area contributed by atoms with E-state index in [0.29, 0.717) is 40.8 Å². The van der Waals surface area contributed by atoms with Crippen LogP contribution in [0.4, 0.5) is 5.00 Å². The number of fused-ring (bicyclic) bond motifs is 2. The molecule has 0 saturated heterocycles. The first-order chi connectivity index (χ1) is 12.7. The summed E-state index contributed by atoms with van der Waals surface area (Å²) in [6, 6.07) is 12.4. The third-order valence-corrected chi connectivity index (χ3v) is 5.10. The quantitative estimate of drug-likeness (QED) is 0.713. The lowest BCUT2D eigenvalue weighted by molar-refractivity contribution is 0.0604. The van der Waals surface area contributed by atoms with Crippen molar-refractivity contribution in [3.05, 3.63) is 53.6 Å². The maximum absolute atomic E-state index is 12.7. The molecular formula is C19H15NO5S. The van der Waals surface area contributed by atoms with Gasteiger partial charge in [-0.2, -0.15) is 0 Å². The molecule has 26 heavy (non-hydrogen) atoms. The number of carbonyl (C=O) groups is 2. The molecule has 0 radical (unpaired) electrons. The van der Waals surface area contributed by atoms with Gasteiger partial charge in [-0.1, -0.05) is 18.2 Å². The minimum atomic E-state index is -0.486. The fraction of sp³-hybridized carbons (Fsp3) is 0.158. The Hall–Kier alpha value is -3.06. The van der Waals surface area contributed by atoms with Crippen molar-refractivity contribution in [1.29, 1.82) is 0 Å². The van der Waals surface area contributed by atoms with Gasteiger partial charge in [0.1, 0.15) is 23.8 Å². The van der Waals surface area contributed by atoms with Crippen LogP contribution in [-0.2, 0) is 4.74 Å². The summed E-state index contributed by atoms with van der Waals surface area (Å²) < 4.78 is 16.8. The third kappa shape index (κ3) is 2.86. The third-order valence-electron chi connectivity index (χ3n) is 4.02. The standard InChI is InChI=1S/C19H15NO5S/c1-23-19(22)16-12-4-2-3-5-15(12)26-18(16)20-17(21)11-6-7-13-14(10-11)25-9-8-24-13/h2-7,10H,8-9H2,1H3,(H,20,21). The Labute approximate surface area is 153 Å². The van der Waals surface area contributed by atoms with Gasteiger partial charge < -0.3 is 19.5 Å². The molecule has 0 spiro atoms. The number of hydrogen-bond acceptors (Lipinski definition) is 6. The van der Waals surface area contributed by atoms with E-state index >= 15 is 0 Å². The summed E-state index contributed by atoms with van der Waals surface area (Å²) in [4.78, 5) is 24.9. The summed E-state index contributed by atoms with van der Waals surface area (Å²) in [6.45, 7) is 0.934. The maximum Gasteiger partial charge on any atom is 0.341 e. The molecule has 7 heteroatoms. The summed E-state index contributed by atoms with van der Waals surface area (Å²) in [5.74, 6) is 0.331. The molecule has 0 unspecified atom stereocenters. The number of thiophene rings is 1. The summed E-state index contributed by atoms with van der Waals surface area (Å²) in [5, 5.41) is 4.03. The number of ether oxygens (including phenoxy) is 3. The van der Waals surface area contributed by atoms with Crippen LogP contribution in [0.25, 0.3) is 10.1 Å². The van der Waals surface area contributed by atoms with Crippen molar-refractivity contribution < 1.29 is 23.8 Å². The highest BCUT2D eigenvalue weighted by Crippen LogP contribution is 2.37. The molecule has 132 valence electrons. The van der Waals surface area contributed by atoms with Crippen molar-refractivity contribution in [3.63, 3.8) is 0 Å². The lowest BCUT2D eigenvalue weighted by Crippen LogP contribution is -2.17. The molecule has 2 aromatic carbocycles. The summed E-state index contributed by atoms with van der Waals surface area (Å²) in [7, 11) is 1.32. The van der Waals surface area contributed by atoms with E-state index in [2.05, 4.69) is 5.32 Å². The van der Waals surface area contributed by atoms with E-state index in [1.54, 1.807) is 18.2 Å². The van der Waals surface area contributed by atoms with Gasteiger partial charge in [0.15, 0.2) is 11.5 Å². The first-order valence-corrected chi connectivity index (χ1v) is 8.80. The highest BCUT2D eigenvalue weighted by Gasteiger charge is 2.22. The zero-order valence-electron chi connectivity index (χ0n) is 13.9. The minimum Gasteiger partial charge on any atom is -0.486 e. The number of esters is 1. The molecule has 0 atom stereocenters. The number of hydrogen-bond donors (Lipinski definition) is 1. The van der Waals surface area contributed by atoms with Crippen LogP contribution in [0.3, 0.4) is 0 Å². The van der Waals surface area contributed by atoms with Crippen LogP contribution < -0.4 is 14.8 Å². The van der Waals surface area contributed by atoms with E-state index in [0.717, 1.165) is 10.1 Å². The van der Waals surface area contributed by atoms with Gasteiger partial charge in [-0.25, -0.2) is 4.79 Å². The second-order valence-electron chi connectivity index (χ2n) is 5.61. The van der Waals surface area contributed by atoms with Gasteiger partial charge in [-0.3, -0.25) is 4.79 Å². The first kappa shape index (κ1) is 16.4. The number of methoxy groups -OCH3 is 1. The zero-order valence-corrected chi connectivity index (χ0v) is 14.7. The van der Waals surface area contributed by atoms with Gasteiger partial charge in [-0.05, 0) is 24.3 Å². The van der Waals surface area contributed by atoms with E-state index in [-0.39, 0.29) is 5.91 Å². The lowest BCUT2D eigenvalue weighted by Gasteiger charge is -2.18. The molecule has 1 aliphatic heterocycles. The Morgan fingerprint density at radius 3 is 2.65 bits per heavy atom. The van der Waals surface area contributed by atoms with Crippen molar-refractivity contribution in [2.75, 3.05) is 25.6 Å². The van der Waals surface area contributed by atoms with Gasteiger partial charge in [0.25, 0.3) is 5.91 Å². The fourth-order valence-electron chi connectivity index (χ4n) is 2.80. The topological polar surface area (TPSA) is 73.9 Å². The monoisotopic (exact) mass is 369 g/mol. The fourth-order valence-corrected chi connectivity index (χ4v) is 3.88. The molecule has 3 aromatic rings. The zero-order chi connectivity index (χ0) is 18.1. The molecule has 4 rings (SSSR count). The highest BCUT2D eigenvalue weighted by molar-refractivity contribution is 7.23. The van der Waals surface area contributed by atoms with Gasteiger partial charge >= 0.3 is 5.97 Å². The van der Waals surface area contributed by atoms with Crippen LogP contribution in [0.5, 0.6) is 11.5 Å². The number of nitrogens with one attached hydrogen (secondary N) is 1. The predicted molar refractivity (Wildman–Crippen MR) is 98.5 cm³/mol. The lowest BCUT2D eigenvalue weighted by atomic mass is 10.1. The number of carbonyl (C=O) groups excluding carboxylic acids is 2. The van der Waals surface area contributed by atoms with Crippen molar-refractivity contribution >= 4 is 38.3 Å². The normalized spacial score (nSPS) is 12.7. The van der Waals surface area contributed by atoms with E-state index in [9.17, 15) is 9.59 Å². The summed E-state index contributed by atoms with van der Waals surface area (Å²) in [5.41, 5.74) is 0.779. The Morgan fingerprint density at radius 1 is 1.08 bits per heavy atom. The number of rotatable bonds is 3. The Bertz CT molecular complexity index is 1010. The molecule has 0 fully saturated rings. The molecule has 0 saturated carbocycles. The van der Waals surface area contributed by atoms with Gasteiger partial charge in [0.05, 0.1) is 7.11 Å². The maximum atomic E-state index is 12.7. The molecule has 1 amide bonds. The van der Waals surface area contributed by atoms with E-state index in [1.165, 1.54) is 18.4 Å². The summed E-state index contributed by atoms with van der Waals surface area (Å²) >= 11 is 1.33. The average molecular weight is 369 g/mol. The van der Waals surface area contributed by atoms with Crippen LogP contribution in [0.2, 0.25) is 0 Å². The van der Waals surface area contributed by atoms with Crippen LogP contribution in [0.15, 0.2) is 42.5 Å². The van der Waals surface area contributed by atoms with Gasteiger partial charge in [-0.15, -0.1) is 11.3 Å². The van der Waals surface area contributed by atoms with Crippen molar-refractivity contribution in [2.24, 2.45) is 0 Å². The first-order valence-electron chi connectivity index (χ1n) is 7.98. The second kappa shape index (κ2) is 6.68. The van der Waals surface area contributed by atoms with Crippen LogP contribution in [0.1, 0.15) is 20.7 Å². The molecule has 1 aromatic heterocycles. The SMILES string of the molecule is COC(=O)c1c(NC(=O)c2ccc3c(c2)OCCO3)sc2ccccc12. The molecule has 2 heterocycles. The average Bonchev–Trinajstić information content (AvgIpc) is 3.04. The van der Waals surface area contributed by atoms with Gasteiger partial charge in [0, 0.05) is 15.6 Å². The number of amides is 1. The van der Waals surface area contributed by atoms with E-state index < -0.39 is 5.97 Å². The Kier molecular flexibility index (Phi) is 4.22. The molecule has 0 bridgehead atoms. The number of benzene rings is 2.